The molecule has 0 aromatic heterocycles. The number of ether oxygens (including phenoxy) is 1. The Bertz CT molecular complexity index is 653. The minimum absolute atomic E-state index is 0.163. The second-order valence-corrected chi connectivity index (χ2v) is 6.16. The van der Waals surface area contributed by atoms with Crippen LogP contribution in [0.1, 0.15) is 13.3 Å². The molecule has 2 amide bonds. The fourth-order valence-corrected chi connectivity index (χ4v) is 2.90. The van der Waals surface area contributed by atoms with E-state index in [1.807, 2.05) is 37.3 Å². The highest BCUT2D eigenvalue weighted by molar-refractivity contribution is 6.40. The summed E-state index contributed by atoms with van der Waals surface area (Å²) < 4.78 is 5.35. The van der Waals surface area contributed by atoms with Crippen LogP contribution in [0.2, 0.25) is 0 Å². The number of carbonyl (C=O) groups is 2. The van der Waals surface area contributed by atoms with Gasteiger partial charge in [0.1, 0.15) is 17.4 Å². The molecule has 2 aliphatic rings. The van der Waals surface area contributed by atoms with Crippen molar-refractivity contribution in [3.8, 4) is 0 Å². The van der Waals surface area contributed by atoms with Crippen LogP contribution in [0.25, 0.3) is 0 Å². The van der Waals surface area contributed by atoms with Gasteiger partial charge >= 0.3 is 0 Å². The van der Waals surface area contributed by atoms with E-state index in [1.165, 1.54) is 5.01 Å². The molecule has 1 unspecified atom stereocenters. The van der Waals surface area contributed by atoms with Crippen molar-refractivity contribution in [2.24, 2.45) is 10.8 Å². The number of anilines is 1. The standard InChI is InChI=1S/C16H20N4O3/c1-16(23-2)9-19(10-16)15(22)12-8-13(14(17)21)20(18-12)11-6-4-3-5-7-11/h3-7,13H,8-10H2,1-2H3,(H2,17,21). The Labute approximate surface area is 134 Å². The van der Waals surface area contributed by atoms with Gasteiger partial charge in [0.2, 0.25) is 5.91 Å². The monoisotopic (exact) mass is 316 g/mol. The molecule has 7 nitrogen and oxygen atoms in total. The number of rotatable bonds is 4. The van der Waals surface area contributed by atoms with Gasteiger partial charge in [-0.1, -0.05) is 18.2 Å². The summed E-state index contributed by atoms with van der Waals surface area (Å²) in [6, 6.07) is 8.60. The summed E-state index contributed by atoms with van der Waals surface area (Å²) in [5, 5.41) is 5.89. The van der Waals surface area contributed by atoms with E-state index in [0.29, 0.717) is 18.8 Å². The third-order valence-corrected chi connectivity index (χ3v) is 4.34. The quantitative estimate of drug-likeness (QED) is 0.868. The van der Waals surface area contributed by atoms with E-state index < -0.39 is 11.9 Å². The maximum atomic E-state index is 12.5. The van der Waals surface area contributed by atoms with Crippen molar-refractivity contribution in [2.45, 2.75) is 25.0 Å². The van der Waals surface area contributed by atoms with Gasteiger partial charge in [-0.25, -0.2) is 0 Å². The minimum atomic E-state index is -0.633. The molecule has 0 aliphatic carbocycles. The molecule has 0 saturated carbocycles. The van der Waals surface area contributed by atoms with Crippen molar-refractivity contribution >= 4 is 23.2 Å². The first-order valence-corrected chi connectivity index (χ1v) is 7.49. The summed E-state index contributed by atoms with van der Waals surface area (Å²) in [4.78, 5) is 25.9. The lowest BCUT2D eigenvalue weighted by molar-refractivity contribution is -0.150. The Morgan fingerprint density at radius 3 is 2.52 bits per heavy atom. The molecule has 2 N–H and O–H groups in total. The van der Waals surface area contributed by atoms with Crippen LogP contribution in [0.3, 0.4) is 0 Å². The zero-order chi connectivity index (χ0) is 16.6. The number of amides is 2. The second-order valence-electron chi connectivity index (χ2n) is 6.16. The largest absolute Gasteiger partial charge is 0.375 e. The lowest BCUT2D eigenvalue weighted by atomic mass is 9.95. The highest BCUT2D eigenvalue weighted by Crippen LogP contribution is 2.28. The first-order chi connectivity index (χ1) is 10.9. The van der Waals surface area contributed by atoms with Crippen molar-refractivity contribution in [2.75, 3.05) is 25.2 Å². The number of hydrazone groups is 1. The molecule has 0 radical (unpaired) electrons. The number of hydrogen-bond acceptors (Lipinski definition) is 5. The first-order valence-electron chi connectivity index (χ1n) is 7.49. The van der Waals surface area contributed by atoms with Gasteiger partial charge in [-0.05, 0) is 19.1 Å². The van der Waals surface area contributed by atoms with Gasteiger partial charge in [-0.15, -0.1) is 0 Å². The molecular weight excluding hydrogens is 296 g/mol. The Morgan fingerprint density at radius 1 is 1.30 bits per heavy atom. The van der Waals surface area contributed by atoms with E-state index in [1.54, 1.807) is 12.0 Å². The van der Waals surface area contributed by atoms with E-state index in [4.69, 9.17) is 10.5 Å². The lowest BCUT2D eigenvalue weighted by Crippen LogP contribution is -2.63. The van der Waals surface area contributed by atoms with Crippen LogP contribution < -0.4 is 10.7 Å². The van der Waals surface area contributed by atoms with Crippen LogP contribution in [0.5, 0.6) is 0 Å². The molecule has 0 spiro atoms. The SMILES string of the molecule is COC1(C)CN(C(=O)C2=NN(c3ccccc3)C(C(N)=O)C2)C1. The van der Waals surface area contributed by atoms with E-state index in [0.717, 1.165) is 5.69 Å². The highest BCUT2D eigenvalue weighted by Gasteiger charge is 2.45. The number of hydrogen-bond donors (Lipinski definition) is 1. The maximum absolute atomic E-state index is 12.5. The first kappa shape index (κ1) is 15.5. The van der Waals surface area contributed by atoms with Crippen LogP contribution in [0.15, 0.2) is 35.4 Å². The minimum Gasteiger partial charge on any atom is -0.375 e. The van der Waals surface area contributed by atoms with Gasteiger partial charge in [-0.2, -0.15) is 5.10 Å². The Morgan fingerprint density at radius 2 is 1.96 bits per heavy atom. The zero-order valence-corrected chi connectivity index (χ0v) is 13.2. The van der Waals surface area contributed by atoms with Crippen LogP contribution in [-0.2, 0) is 14.3 Å². The van der Waals surface area contributed by atoms with Gasteiger partial charge in [-0.3, -0.25) is 14.6 Å². The molecular formula is C16H20N4O3. The van der Waals surface area contributed by atoms with Crippen molar-refractivity contribution in [3.05, 3.63) is 30.3 Å². The molecule has 2 aliphatic heterocycles. The third kappa shape index (κ3) is 2.79. The second kappa shape index (κ2) is 5.66. The number of likely N-dealkylation sites (tertiary alicyclic amines) is 1. The average Bonchev–Trinajstić information content (AvgIpc) is 2.97. The molecule has 1 fully saturated rings. The summed E-state index contributed by atoms with van der Waals surface area (Å²) in [7, 11) is 1.63. The lowest BCUT2D eigenvalue weighted by Gasteiger charge is -2.46. The van der Waals surface area contributed by atoms with Gasteiger partial charge in [0, 0.05) is 13.5 Å². The molecule has 1 aromatic carbocycles. The summed E-state index contributed by atoms with van der Waals surface area (Å²) >= 11 is 0. The summed E-state index contributed by atoms with van der Waals surface area (Å²) in [6.07, 6.45) is 0.225. The Hall–Kier alpha value is -2.41. The summed E-state index contributed by atoms with van der Waals surface area (Å²) in [5.74, 6) is -0.657. The molecule has 2 heterocycles. The molecule has 1 aromatic rings. The van der Waals surface area contributed by atoms with Crippen LogP contribution in [0.4, 0.5) is 5.69 Å². The Kier molecular flexibility index (Phi) is 3.81. The van der Waals surface area contributed by atoms with E-state index in [9.17, 15) is 9.59 Å². The van der Waals surface area contributed by atoms with Crippen molar-refractivity contribution < 1.29 is 14.3 Å². The van der Waals surface area contributed by atoms with Crippen LogP contribution >= 0.6 is 0 Å². The molecule has 0 bridgehead atoms. The highest BCUT2D eigenvalue weighted by atomic mass is 16.5. The van der Waals surface area contributed by atoms with Gasteiger partial charge in [0.05, 0.1) is 18.8 Å². The van der Waals surface area contributed by atoms with Crippen molar-refractivity contribution in [1.29, 1.82) is 0 Å². The maximum Gasteiger partial charge on any atom is 0.270 e. The van der Waals surface area contributed by atoms with Crippen LogP contribution in [0, 0.1) is 0 Å². The molecule has 122 valence electrons. The van der Waals surface area contributed by atoms with Gasteiger partial charge < -0.3 is 15.4 Å². The fourth-order valence-electron chi connectivity index (χ4n) is 2.90. The number of primary amides is 1. The van der Waals surface area contributed by atoms with Gasteiger partial charge in [0.25, 0.3) is 5.91 Å². The summed E-state index contributed by atoms with van der Waals surface area (Å²) in [5.41, 5.74) is 6.28. The van der Waals surface area contributed by atoms with E-state index >= 15 is 0 Å². The van der Waals surface area contributed by atoms with Crippen molar-refractivity contribution in [3.63, 3.8) is 0 Å². The topological polar surface area (TPSA) is 88.2 Å². The van der Waals surface area contributed by atoms with E-state index in [2.05, 4.69) is 5.10 Å². The molecule has 1 atom stereocenters. The normalized spacial score (nSPS) is 22.5. The zero-order valence-electron chi connectivity index (χ0n) is 13.2. The number of benzene rings is 1. The van der Waals surface area contributed by atoms with Crippen LogP contribution in [-0.4, -0.2) is 54.3 Å². The number of carbonyl (C=O) groups excluding carboxylic acids is 2. The fraction of sp³-hybridized carbons (Fsp3) is 0.438. The van der Waals surface area contributed by atoms with E-state index in [-0.39, 0.29) is 17.9 Å². The molecule has 3 rings (SSSR count). The third-order valence-electron chi connectivity index (χ3n) is 4.34. The average molecular weight is 316 g/mol. The number of para-hydroxylation sites is 1. The van der Waals surface area contributed by atoms with Crippen molar-refractivity contribution in [1.82, 2.24) is 4.90 Å². The molecule has 23 heavy (non-hydrogen) atoms. The predicted molar refractivity (Wildman–Crippen MR) is 85.9 cm³/mol. The Balaban J connectivity index is 1.78. The molecule has 7 heteroatoms. The smallest absolute Gasteiger partial charge is 0.270 e. The summed E-state index contributed by atoms with van der Waals surface area (Å²) in [6.45, 7) is 3.00. The number of nitrogens with two attached hydrogens (primary N) is 1. The van der Waals surface area contributed by atoms with Gasteiger partial charge in [0.15, 0.2) is 0 Å². The number of methoxy groups -OCH3 is 1. The molecule has 1 saturated heterocycles. The predicted octanol–water partition coefficient (Wildman–Crippen LogP) is 0.354. The number of nitrogens with zero attached hydrogens (tertiary/aromatic N) is 3.